The molecule has 6 nitrogen and oxygen atoms in total. The second-order valence-corrected chi connectivity index (χ2v) is 10.2. The normalized spacial score (nSPS) is 11.2. The van der Waals surface area contributed by atoms with Gasteiger partial charge in [-0.15, -0.1) is 52.4 Å². The van der Waals surface area contributed by atoms with Crippen LogP contribution in [0.3, 0.4) is 0 Å². The van der Waals surface area contributed by atoms with E-state index in [1.165, 1.54) is 0 Å². The largest absolute Gasteiger partial charge is 2.00 e. The molecule has 0 saturated heterocycles. The number of imidazole rings is 1. The molecule has 0 aliphatic rings. The van der Waals surface area contributed by atoms with Crippen LogP contribution in [0.1, 0.15) is 0 Å². The molecule has 0 radical (unpaired) electrons. The number of aromatic nitrogens is 6. The van der Waals surface area contributed by atoms with Crippen LogP contribution in [-0.2, 0) is 28.1 Å². The second kappa shape index (κ2) is 11.0. The minimum absolute atomic E-state index is 0. The fourth-order valence-corrected chi connectivity index (χ4v) is 5.56. The van der Waals surface area contributed by atoms with Crippen LogP contribution in [0.4, 0.5) is 0 Å². The van der Waals surface area contributed by atoms with Gasteiger partial charge < -0.3 is 9.13 Å². The molecule has 0 unspecified atom stereocenters. The van der Waals surface area contributed by atoms with E-state index in [-0.39, 0.29) is 21.1 Å². The van der Waals surface area contributed by atoms with Crippen molar-refractivity contribution in [2.24, 2.45) is 7.05 Å². The first-order valence-electron chi connectivity index (χ1n) is 13.8. The number of hydrogen-bond acceptors (Lipinski definition) is 3. The van der Waals surface area contributed by atoms with Crippen molar-refractivity contribution in [3.63, 3.8) is 0 Å². The zero-order valence-electron chi connectivity index (χ0n) is 23.1. The first kappa shape index (κ1) is 26.8. The van der Waals surface area contributed by atoms with Crippen LogP contribution in [0.15, 0.2) is 128 Å². The topological polar surface area (TPSA) is 53.5 Å². The number of rotatable bonds is 5. The molecule has 0 fully saturated rings. The molecular weight excluding hydrogens is 712 g/mol. The predicted molar refractivity (Wildman–Crippen MR) is 166 cm³/mol. The summed E-state index contributed by atoms with van der Waals surface area (Å²) in [5, 5.41) is 7.25. The van der Waals surface area contributed by atoms with E-state index in [0.717, 1.165) is 61.5 Å². The molecule has 0 N–H and O–H groups in total. The third-order valence-corrected chi connectivity index (χ3v) is 7.55. The molecule has 208 valence electrons. The standard InChI is InChI=1S/C36H24N6.Pt/c1-40-22-21-37-35(40)27-15-10-16-28(23-27)41-32-18-9-8-17-30(32)31-20-19-29(24-33(31)41)42-36(26-13-6-3-7-14-26)38-34(39-42)25-11-4-2-5-12-25;/h2-22H,1H3;/q-2;+2. The molecule has 8 rings (SSSR count). The van der Waals surface area contributed by atoms with Gasteiger partial charge in [0.2, 0.25) is 0 Å². The predicted octanol–water partition coefficient (Wildman–Crippen LogP) is 7.70. The van der Waals surface area contributed by atoms with Gasteiger partial charge in [-0.2, -0.15) is 6.07 Å². The van der Waals surface area contributed by atoms with Gasteiger partial charge in [0, 0.05) is 36.1 Å². The average Bonchev–Trinajstić information content (AvgIpc) is 3.77. The molecule has 0 aliphatic carbocycles. The van der Waals surface area contributed by atoms with Crippen LogP contribution in [0.5, 0.6) is 0 Å². The zero-order chi connectivity index (χ0) is 28.0. The van der Waals surface area contributed by atoms with Crippen molar-refractivity contribution in [3.8, 4) is 45.5 Å². The number of fused-ring (bicyclic) bond motifs is 3. The molecule has 0 atom stereocenters. The average molecular weight is 736 g/mol. The molecular formula is C36H24N6Pt. The maximum atomic E-state index is 4.99. The summed E-state index contributed by atoms with van der Waals surface area (Å²) in [6, 6.07) is 46.4. The summed E-state index contributed by atoms with van der Waals surface area (Å²) < 4.78 is 6.12. The Morgan fingerprint density at radius 1 is 0.628 bits per heavy atom. The second-order valence-electron chi connectivity index (χ2n) is 10.2. The third kappa shape index (κ3) is 4.61. The Balaban J connectivity index is 0.00000300. The van der Waals surface area contributed by atoms with Gasteiger partial charge in [-0.25, -0.2) is 9.67 Å². The quantitative estimate of drug-likeness (QED) is 0.171. The minimum atomic E-state index is 0. The molecule has 8 aromatic rings. The first-order valence-corrected chi connectivity index (χ1v) is 13.8. The van der Waals surface area contributed by atoms with Gasteiger partial charge in [0.05, 0.1) is 5.82 Å². The van der Waals surface area contributed by atoms with Crippen LogP contribution in [-0.4, -0.2) is 28.9 Å². The van der Waals surface area contributed by atoms with E-state index in [4.69, 9.17) is 10.1 Å². The van der Waals surface area contributed by atoms with Crippen LogP contribution in [0.25, 0.3) is 67.3 Å². The Labute approximate surface area is 263 Å². The molecule has 7 heteroatoms. The van der Waals surface area contributed by atoms with E-state index in [2.05, 4.69) is 82.3 Å². The Kier molecular flexibility index (Phi) is 6.84. The number of benzene rings is 5. The Bertz CT molecular complexity index is 2210. The van der Waals surface area contributed by atoms with E-state index in [1.807, 2.05) is 83.3 Å². The van der Waals surface area contributed by atoms with E-state index in [9.17, 15) is 0 Å². The van der Waals surface area contributed by atoms with Crippen LogP contribution >= 0.6 is 0 Å². The number of aryl methyl sites for hydroxylation is 1. The minimum Gasteiger partial charge on any atom is -0.373 e. The van der Waals surface area contributed by atoms with Gasteiger partial charge in [-0.3, -0.25) is 4.98 Å². The Hall–Kier alpha value is -5.06. The monoisotopic (exact) mass is 735 g/mol. The van der Waals surface area contributed by atoms with Gasteiger partial charge in [-0.1, -0.05) is 84.4 Å². The van der Waals surface area contributed by atoms with Crippen LogP contribution in [0.2, 0.25) is 0 Å². The summed E-state index contributed by atoms with van der Waals surface area (Å²) in [7, 11) is 2.00. The molecule has 5 aromatic carbocycles. The fraction of sp³-hybridized carbons (Fsp3) is 0.0278. The Morgan fingerprint density at radius 3 is 2.14 bits per heavy atom. The molecule has 3 aromatic heterocycles. The molecule has 0 aliphatic heterocycles. The summed E-state index contributed by atoms with van der Waals surface area (Å²) in [6.07, 6.45) is 3.75. The van der Waals surface area contributed by atoms with Crippen LogP contribution < -0.4 is 0 Å². The van der Waals surface area contributed by atoms with E-state index < -0.39 is 0 Å². The first-order chi connectivity index (χ1) is 20.7. The van der Waals surface area contributed by atoms with Gasteiger partial charge >= 0.3 is 21.1 Å². The fourth-order valence-electron chi connectivity index (χ4n) is 5.56. The van der Waals surface area contributed by atoms with Crippen molar-refractivity contribution in [2.45, 2.75) is 0 Å². The van der Waals surface area contributed by atoms with Crippen molar-refractivity contribution in [1.29, 1.82) is 0 Å². The Morgan fingerprint density at radius 2 is 1.37 bits per heavy atom. The summed E-state index contributed by atoms with van der Waals surface area (Å²) in [4.78, 5) is 9.54. The molecule has 3 heterocycles. The van der Waals surface area contributed by atoms with E-state index in [0.29, 0.717) is 5.82 Å². The number of hydrogen-bond donors (Lipinski definition) is 0. The summed E-state index contributed by atoms with van der Waals surface area (Å²) in [5.41, 5.74) is 6.62. The van der Waals surface area contributed by atoms with E-state index >= 15 is 0 Å². The van der Waals surface area contributed by atoms with Crippen molar-refractivity contribution in [3.05, 3.63) is 140 Å². The smallest absolute Gasteiger partial charge is 0.373 e. The molecule has 0 spiro atoms. The SMILES string of the molecule is Cn1ccnc1-c1[c-]c(-n2c3[c-]c(-n4nc(-c5ccccc5)nc4-c4ccccc4)ccc3c3ccccc32)ccc1.[Pt+2]. The zero-order valence-corrected chi connectivity index (χ0v) is 25.4. The summed E-state index contributed by atoms with van der Waals surface area (Å²) >= 11 is 0. The number of para-hydroxylation sites is 1. The molecule has 0 saturated carbocycles. The van der Waals surface area contributed by atoms with Gasteiger partial charge in [0.1, 0.15) is 0 Å². The molecule has 0 amide bonds. The van der Waals surface area contributed by atoms with Crippen molar-refractivity contribution < 1.29 is 21.1 Å². The van der Waals surface area contributed by atoms with Gasteiger partial charge in [0.25, 0.3) is 0 Å². The summed E-state index contributed by atoms with van der Waals surface area (Å²) in [5.74, 6) is 2.29. The van der Waals surface area contributed by atoms with Crippen molar-refractivity contribution in [2.75, 3.05) is 0 Å². The van der Waals surface area contributed by atoms with Crippen LogP contribution in [0, 0.1) is 12.1 Å². The maximum Gasteiger partial charge on any atom is 2.00 e. The molecule has 43 heavy (non-hydrogen) atoms. The molecule has 0 bridgehead atoms. The summed E-state index contributed by atoms with van der Waals surface area (Å²) in [6.45, 7) is 0. The third-order valence-electron chi connectivity index (χ3n) is 7.55. The maximum absolute atomic E-state index is 4.99. The van der Waals surface area contributed by atoms with Crippen molar-refractivity contribution in [1.82, 2.24) is 28.9 Å². The van der Waals surface area contributed by atoms with Gasteiger partial charge in [0.15, 0.2) is 11.6 Å². The number of nitrogens with zero attached hydrogens (tertiary/aromatic N) is 6. The van der Waals surface area contributed by atoms with E-state index in [1.54, 1.807) is 0 Å². The van der Waals surface area contributed by atoms with Crippen molar-refractivity contribution >= 4 is 21.8 Å². The van der Waals surface area contributed by atoms with Gasteiger partial charge in [-0.05, 0) is 22.8 Å².